The van der Waals surface area contributed by atoms with Crippen LogP contribution in [0.15, 0.2) is 18.2 Å². The van der Waals surface area contributed by atoms with Gasteiger partial charge in [0.05, 0.1) is 10.5 Å². The van der Waals surface area contributed by atoms with Crippen LogP contribution in [0.2, 0.25) is 5.02 Å². The Bertz CT molecular complexity index is 473. The molecule has 1 aromatic carbocycles. The highest BCUT2D eigenvalue weighted by atomic mass is 35.5. The average Bonchev–Trinajstić information content (AvgIpc) is 2.42. The summed E-state index contributed by atoms with van der Waals surface area (Å²) in [5.74, 6) is 0.517. The number of anilines is 1. The van der Waals surface area contributed by atoms with Gasteiger partial charge in [0.25, 0.3) is 0 Å². The summed E-state index contributed by atoms with van der Waals surface area (Å²) in [5.41, 5.74) is 7.59. The standard InChI is InChI=1S/C10H12ClN3/c1-6(2)14-8-5-3-4-7(11)9(8)13-10(14)12/h3-6H,1-2H3,(H2,12,13). The Morgan fingerprint density at radius 1 is 1.43 bits per heavy atom. The molecule has 0 spiro atoms. The summed E-state index contributed by atoms with van der Waals surface area (Å²) < 4.78 is 1.97. The molecule has 0 atom stereocenters. The number of aromatic nitrogens is 2. The molecule has 0 radical (unpaired) electrons. The number of para-hydroxylation sites is 1. The molecule has 2 N–H and O–H groups in total. The van der Waals surface area contributed by atoms with Crippen molar-refractivity contribution in [3.8, 4) is 0 Å². The Morgan fingerprint density at radius 2 is 2.14 bits per heavy atom. The molecule has 0 saturated carbocycles. The first-order valence-corrected chi connectivity index (χ1v) is 4.91. The summed E-state index contributed by atoms with van der Waals surface area (Å²) in [6, 6.07) is 5.99. The fraction of sp³-hybridized carbons (Fsp3) is 0.300. The van der Waals surface area contributed by atoms with Crippen LogP contribution in [0, 0.1) is 0 Å². The van der Waals surface area contributed by atoms with Gasteiger partial charge in [-0.2, -0.15) is 0 Å². The van der Waals surface area contributed by atoms with E-state index in [0.717, 1.165) is 11.0 Å². The maximum absolute atomic E-state index is 6.02. The molecule has 0 aliphatic heterocycles. The third-order valence-corrected chi connectivity index (χ3v) is 2.52. The van der Waals surface area contributed by atoms with Crippen LogP contribution >= 0.6 is 11.6 Å². The number of nitrogen functional groups attached to an aromatic ring is 1. The lowest BCUT2D eigenvalue weighted by atomic mass is 10.3. The lowest BCUT2D eigenvalue weighted by Crippen LogP contribution is -2.05. The van der Waals surface area contributed by atoms with E-state index >= 15 is 0 Å². The largest absolute Gasteiger partial charge is 0.369 e. The maximum Gasteiger partial charge on any atom is 0.201 e. The number of hydrogen-bond acceptors (Lipinski definition) is 2. The molecule has 0 unspecified atom stereocenters. The summed E-state index contributed by atoms with van der Waals surface area (Å²) >= 11 is 6.02. The highest BCUT2D eigenvalue weighted by molar-refractivity contribution is 6.35. The molecular formula is C10H12ClN3. The molecule has 1 heterocycles. The predicted octanol–water partition coefficient (Wildman–Crippen LogP) is 2.85. The van der Waals surface area contributed by atoms with Crippen molar-refractivity contribution in [3.05, 3.63) is 23.2 Å². The predicted molar refractivity (Wildman–Crippen MR) is 59.5 cm³/mol. The third kappa shape index (κ3) is 1.24. The van der Waals surface area contributed by atoms with E-state index in [-0.39, 0.29) is 0 Å². The molecule has 0 aliphatic rings. The number of nitrogens with two attached hydrogens (primary N) is 1. The van der Waals surface area contributed by atoms with Gasteiger partial charge >= 0.3 is 0 Å². The highest BCUT2D eigenvalue weighted by Crippen LogP contribution is 2.27. The minimum Gasteiger partial charge on any atom is -0.369 e. The summed E-state index contributed by atoms with van der Waals surface area (Å²) in [7, 11) is 0. The van der Waals surface area contributed by atoms with Gasteiger partial charge in [-0.05, 0) is 26.0 Å². The first kappa shape index (κ1) is 9.34. The van der Waals surface area contributed by atoms with E-state index in [1.165, 1.54) is 0 Å². The zero-order chi connectivity index (χ0) is 10.3. The summed E-state index contributed by atoms with van der Waals surface area (Å²) in [4.78, 5) is 4.24. The molecule has 14 heavy (non-hydrogen) atoms. The fourth-order valence-electron chi connectivity index (χ4n) is 1.64. The number of fused-ring (bicyclic) bond motifs is 1. The monoisotopic (exact) mass is 209 g/mol. The second-order valence-corrected chi connectivity index (χ2v) is 3.95. The topological polar surface area (TPSA) is 43.8 Å². The summed E-state index contributed by atoms with van der Waals surface area (Å²) in [6.45, 7) is 4.14. The molecule has 2 rings (SSSR count). The first-order chi connectivity index (χ1) is 6.61. The van der Waals surface area contributed by atoms with Gasteiger partial charge in [-0.1, -0.05) is 17.7 Å². The summed E-state index contributed by atoms with van der Waals surface area (Å²) in [5, 5.41) is 0.647. The molecule has 0 bridgehead atoms. The van der Waals surface area contributed by atoms with Crippen LogP contribution in [0.25, 0.3) is 11.0 Å². The van der Waals surface area contributed by atoms with Crippen LogP contribution in [0.4, 0.5) is 5.95 Å². The van der Waals surface area contributed by atoms with Crippen molar-refractivity contribution < 1.29 is 0 Å². The third-order valence-electron chi connectivity index (χ3n) is 2.21. The van der Waals surface area contributed by atoms with Crippen LogP contribution in [0.3, 0.4) is 0 Å². The lowest BCUT2D eigenvalue weighted by Gasteiger charge is -2.09. The normalized spacial score (nSPS) is 11.4. The van der Waals surface area contributed by atoms with E-state index in [1.54, 1.807) is 0 Å². The highest BCUT2D eigenvalue weighted by Gasteiger charge is 2.11. The van der Waals surface area contributed by atoms with Crippen LogP contribution < -0.4 is 5.73 Å². The van der Waals surface area contributed by atoms with Gasteiger partial charge in [0.15, 0.2) is 0 Å². The molecule has 74 valence electrons. The van der Waals surface area contributed by atoms with Gasteiger partial charge in [-0.15, -0.1) is 0 Å². The number of benzene rings is 1. The van der Waals surface area contributed by atoms with Gasteiger partial charge in [0.2, 0.25) is 5.95 Å². The van der Waals surface area contributed by atoms with Gasteiger partial charge in [-0.3, -0.25) is 0 Å². The zero-order valence-corrected chi connectivity index (χ0v) is 8.92. The smallest absolute Gasteiger partial charge is 0.201 e. The number of hydrogen-bond donors (Lipinski definition) is 1. The molecule has 0 saturated heterocycles. The molecule has 3 nitrogen and oxygen atoms in total. The van der Waals surface area contributed by atoms with Crippen LogP contribution in [0.5, 0.6) is 0 Å². The van der Waals surface area contributed by atoms with E-state index in [4.69, 9.17) is 17.3 Å². The van der Waals surface area contributed by atoms with Crippen molar-refractivity contribution >= 4 is 28.6 Å². The van der Waals surface area contributed by atoms with E-state index in [9.17, 15) is 0 Å². The van der Waals surface area contributed by atoms with Crippen molar-refractivity contribution in [3.63, 3.8) is 0 Å². The van der Waals surface area contributed by atoms with Crippen molar-refractivity contribution in [2.45, 2.75) is 19.9 Å². The molecule has 2 aromatic rings. The Morgan fingerprint density at radius 3 is 2.79 bits per heavy atom. The quantitative estimate of drug-likeness (QED) is 0.785. The van der Waals surface area contributed by atoms with Crippen molar-refractivity contribution in [2.75, 3.05) is 5.73 Å². The second kappa shape index (κ2) is 3.17. The fourth-order valence-corrected chi connectivity index (χ4v) is 1.86. The molecule has 1 aromatic heterocycles. The number of imidazole rings is 1. The van der Waals surface area contributed by atoms with Crippen molar-refractivity contribution in [2.24, 2.45) is 0 Å². The average molecular weight is 210 g/mol. The maximum atomic E-state index is 6.02. The number of halogens is 1. The molecule has 0 amide bonds. The molecular weight excluding hydrogens is 198 g/mol. The number of rotatable bonds is 1. The van der Waals surface area contributed by atoms with E-state index in [0.29, 0.717) is 17.0 Å². The molecule has 0 fully saturated rings. The van der Waals surface area contributed by atoms with Gasteiger partial charge in [0, 0.05) is 6.04 Å². The van der Waals surface area contributed by atoms with Gasteiger partial charge in [0.1, 0.15) is 5.52 Å². The van der Waals surface area contributed by atoms with E-state index in [1.807, 2.05) is 22.8 Å². The van der Waals surface area contributed by atoms with Gasteiger partial charge < -0.3 is 10.3 Å². The number of nitrogens with zero attached hydrogens (tertiary/aromatic N) is 2. The van der Waals surface area contributed by atoms with E-state index < -0.39 is 0 Å². The van der Waals surface area contributed by atoms with Crippen molar-refractivity contribution in [1.29, 1.82) is 0 Å². The summed E-state index contributed by atoms with van der Waals surface area (Å²) in [6.07, 6.45) is 0. The zero-order valence-electron chi connectivity index (χ0n) is 8.16. The second-order valence-electron chi connectivity index (χ2n) is 3.54. The lowest BCUT2D eigenvalue weighted by molar-refractivity contribution is 0.627. The van der Waals surface area contributed by atoms with Crippen LogP contribution in [-0.2, 0) is 0 Å². The minimum absolute atomic E-state index is 0.290. The SMILES string of the molecule is CC(C)n1c(N)nc2c(Cl)cccc21. The van der Waals surface area contributed by atoms with E-state index in [2.05, 4.69) is 18.8 Å². The Labute approximate surface area is 87.5 Å². The van der Waals surface area contributed by atoms with Crippen molar-refractivity contribution in [1.82, 2.24) is 9.55 Å². The minimum atomic E-state index is 0.290. The Balaban J connectivity index is 2.83. The molecule has 0 aliphatic carbocycles. The van der Waals surface area contributed by atoms with Crippen LogP contribution in [0.1, 0.15) is 19.9 Å². The first-order valence-electron chi connectivity index (χ1n) is 4.53. The van der Waals surface area contributed by atoms with Crippen LogP contribution in [-0.4, -0.2) is 9.55 Å². The molecule has 4 heteroatoms. The Kier molecular flexibility index (Phi) is 2.11. The van der Waals surface area contributed by atoms with Gasteiger partial charge in [-0.25, -0.2) is 4.98 Å². The Hall–Kier alpha value is -1.22.